The maximum atomic E-state index is 14.7. The zero-order valence-corrected chi connectivity index (χ0v) is 30.6. The molecule has 3 aromatic carbocycles. The Kier molecular flexibility index (Phi) is 8.16. The number of amides is 2. The maximum absolute atomic E-state index is 14.7. The van der Waals surface area contributed by atoms with E-state index in [1.807, 2.05) is 38.1 Å². The van der Waals surface area contributed by atoms with Crippen molar-refractivity contribution in [1.82, 2.24) is 10.2 Å². The van der Waals surface area contributed by atoms with Gasteiger partial charge in [0.2, 0.25) is 0 Å². The zero-order valence-electron chi connectivity index (χ0n) is 30.6. The molecule has 6 aliphatic carbocycles. The molecule has 3 N–H and O–H groups in total. The van der Waals surface area contributed by atoms with E-state index < -0.39 is 39.6 Å². The summed E-state index contributed by atoms with van der Waals surface area (Å²) in [5.41, 5.74) is -1.83. The molecule has 3 aromatic rings. The number of allylic oxidation sites excluding steroid dienone is 4. The molecule has 9 rings (SSSR count). The summed E-state index contributed by atoms with van der Waals surface area (Å²) < 4.78 is 28.7. The van der Waals surface area contributed by atoms with Gasteiger partial charge in [0, 0.05) is 40.0 Å². The van der Waals surface area contributed by atoms with E-state index in [0.29, 0.717) is 44.2 Å². The summed E-state index contributed by atoms with van der Waals surface area (Å²) in [5.74, 6) is -2.52. The molecule has 2 spiro atoms. The van der Waals surface area contributed by atoms with Gasteiger partial charge in [-0.25, -0.2) is 13.6 Å². The Morgan fingerprint density at radius 2 is 1.62 bits per heavy atom. The number of carbonyl (C=O) groups is 2. The number of nitrogens with zero attached hydrogens (tertiary/aromatic N) is 1. The third kappa shape index (κ3) is 4.92. The van der Waals surface area contributed by atoms with Crippen LogP contribution < -0.4 is 5.32 Å². The highest BCUT2D eigenvalue weighted by Crippen LogP contribution is 2.78. The standard InChI is InChI=1S/C44H50F2N2O4/c1-27(2)47-39(51)48(25-30-10-7-9-28-8-5-6-11-32(28)30)26-43(52)19-16-37-41(43,4)18-15-36-40(3)17-14-31(49)23-42(40)20-21-44(36,37)33(24-42)38(50)29-12-13-34(45)35(46)22-29/h5-13,20-22,24,27,31,36-37,49,52H,14-19,23,25-26H2,1-4H3,(H,47,51). The van der Waals surface area contributed by atoms with E-state index in [2.05, 4.69) is 55.6 Å². The molecule has 274 valence electrons. The van der Waals surface area contributed by atoms with Crippen molar-refractivity contribution in [2.45, 2.75) is 96.9 Å². The van der Waals surface area contributed by atoms with Crippen LogP contribution in [0, 0.1) is 45.1 Å². The zero-order chi connectivity index (χ0) is 36.8. The van der Waals surface area contributed by atoms with Crippen LogP contribution in [-0.2, 0) is 6.54 Å². The molecule has 52 heavy (non-hydrogen) atoms. The third-order valence-electron chi connectivity index (χ3n) is 14.5. The van der Waals surface area contributed by atoms with E-state index in [9.17, 15) is 28.6 Å². The number of aliphatic hydroxyl groups is 2. The van der Waals surface area contributed by atoms with E-state index in [0.717, 1.165) is 41.3 Å². The lowest BCUT2D eigenvalue weighted by Gasteiger charge is -2.71. The topological polar surface area (TPSA) is 89.9 Å². The highest BCUT2D eigenvalue weighted by atomic mass is 19.2. The molecule has 6 nitrogen and oxygen atoms in total. The average Bonchev–Trinajstić information content (AvgIpc) is 3.38. The minimum Gasteiger partial charge on any atom is -0.393 e. The molecule has 0 saturated heterocycles. The lowest BCUT2D eigenvalue weighted by Crippen LogP contribution is -2.67. The van der Waals surface area contributed by atoms with Crippen LogP contribution in [0.5, 0.6) is 0 Å². The molecule has 2 bridgehead atoms. The number of hydrogen-bond donors (Lipinski definition) is 3. The van der Waals surface area contributed by atoms with E-state index in [4.69, 9.17) is 0 Å². The van der Waals surface area contributed by atoms with Crippen LogP contribution in [0.25, 0.3) is 10.8 Å². The quantitative estimate of drug-likeness (QED) is 0.170. The second-order valence-corrected chi connectivity index (χ2v) is 17.4. The van der Waals surface area contributed by atoms with Crippen molar-refractivity contribution in [2.75, 3.05) is 6.54 Å². The Bertz CT molecular complexity index is 2020. The van der Waals surface area contributed by atoms with Gasteiger partial charge in [-0.1, -0.05) is 74.5 Å². The first kappa shape index (κ1) is 35.2. The van der Waals surface area contributed by atoms with Crippen LogP contribution in [0.1, 0.15) is 88.6 Å². The van der Waals surface area contributed by atoms with Gasteiger partial charge in [-0.05, 0) is 111 Å². The summed E-state index contributed by atoms with van der Waals surface area (Å²) in [4.78, 5) is 30.5. The van der Waals surface area contributed by atoms with Crippen molar-refractivity contribution in [1.29, 1.82) is 0 Å². The molecule has 2 amide bonds. The number of hydrogen-bond acceptors (Lipinski definition) is 4. The van der Waals surface area contributed by atoms with Gasteiger partial charge in [0.25, 0.3) is 0 Å². The van der Waals surface area contributed by atoms with Gasteiger partial charge in [0.05, 0.1) is 18.2 Å². The number of benzene rings is 3. The van der Waals surface area contributed by atoms with Crippen LogP contribution >= 0.6 is 0 Å². The van der Waals surface area contributed by atoms with Crippen molar-refractivity contribution in [3.8, 4) is 0 Å². The van der Waals surface area contributed by atoms with Crippen LogP contribution in [-0.4, -0.2) is 51.2 Å². The molecule has 0 aliphatic heterocycles. The molecular weight excluding hydrogens is 658 g/mol. The Balaban J connectivity index is 1.21. The lowest BCUT2D eigenvalue weighted by atomic mass is 9.32. The fourth-order valence-corrected chi connectivity index (χ4v) is 11.9. The van der Waals surface area contributed by atoms with E-state index in [1.165, 1.54) is 6.07 Å². The average molecular weight is 709 g/mol. The number of nitrogens with one attached hydrogen (secondary N) is 1. The summed E-state index contributed by atoms with van der Waals surface area (Å²) in [5, 5.41) is 29.3. The van der Waals surface area contributed by atoms with E-state index in [1.54, 1.807) is 4.90 Å². The van der Waals surface area contributed by atoms with Crippen molar-refractivity contribution >= 4 is 22.6 Å². The molecular formula is C44H50F2N2O4. The lowest BCUT2D eigenvalue weighted by molar-refractivity contribution is -0.174. The molecule has 3 saturated carbocycles. The van der Waals surface area contributed by atoms with Crippen LogP contribution in [0.3, 0.4) is 0 Å². The predicted molar refractivity (Wildman–Crippen MR) is 197 cm³/mol. The summed E-state index contributed by atoms with van der Waals surface area (Å²) in [7, 11) is 0. The minimum atomic E-state index is -1.27. The molecule has 0 radical (unpaired) electrons. The number of Topliss-reactive ketones (excluding diaryl/α,β-unsaturated/α-hetero) is 1. The Labute approximate surface area is 305 Å². The number of halogens is 2. The summed E-state index contributed by atoms with van der Waals surface area (Å²) in [6.07, 6.45) is 10.5. The smallest absolute Gasteiger partial charge is 0.317 e. The Morgan fingerprint density at radius 3 is 2.38 bits per heavy atom. The summed E-state index contributed by atoms with van der Waals surface area (Å²) in [6.45, 7) is 8.75. The molecule has 0 aromatic heterocycles. The largest absolute Gasteiger partial charge is 0.393 e. The van der Waals surface area contributed by atoms with Gasteiger partial charge in [0.15, 0.2) is 17.4 Å². The van der Waals surface area contributed by atoms with Crippen LogP contribution in [0.4, 0.5) is 13.6 Å². The molecule has 8 heteroatoms. The second kappa shape index (κ2) is 12.1. The maximum Gasteiger partial charge on any atom is 0.317 e. The van der Waals surface area contributed by atoms with Crippen molar-refractivity contribution < 1.29 is 28.6 Å². The monoisotopic (exact) mass is 708 g/mol. The number of aliphatic hydroxyl groups excluding tert-OH is 1. The first-order valence-electron chi connectivity index (χ1n) is 19.0. The summed E-state index contributed by atoms with van der Waals surface area (Å²) >= 11 is 0. The summed E-state index contributed by atoms with van der Waals surface area (Å²) in [6, 6.07) is 17.2. The molecule has 8 unspecified atom stereocenters. The number of rotatable bonds is 7. The van der Waals surface area contributed by atoms with Gasteiger partial charge >= 0.3 is 6.03 Å². The third-order valence-corrected chi connectivity index (χ3v) is 14.5. The van der Waals surface area contributed by atoms with Crippen molar-refractivity contribution in [3.63, 3.8) is 0 Å². The predicted octanol–water partition coefficient (Wildman–Crippen LogP) is 8.51. The fourth-order valence-electron chi connectivity index (χ4n) is 11.9. The number of carbonyl (C=O) groups excluding carboxylic acids is 2. The number of fused-ring (bicyclic) bond motifs is 2. The van der Waals surface area contributed by atoms with Crippen LogP contribution in [0.15, 0.2) is 84.5 Å². The van der Waals surface area contributed by atoms with Crippen LogP contribution in [0.2, 0.25) is 0 Å². The van der Waals surface area contributed by atoms with Crippen molar-refractivity contribution in [2.24, 2.45) is 33.5 Å². The van der Waals surface area contributed by atoms with Gasteiger partial charge in [-0.2, -0.15) is 0 Å². The Hall–Kier alpha value is -3.88. The van der Waals surface area contributed by atoms with E-state index >= 15 is 0 Å². The minimum absolute atomic E-state index is 0.0446. The van der Waals surface area contributed by atoms with E-state index in [-0.39, 0.29) is 47.2 Å². The van der Waals surface area contributed by atoms with Gasteiger partial charge < -0.3 is 20.4 Å². The van der Waals surface area contributed by atoms with Gasteiger partial charge in [0.1, 0.15) is 0 Å². The Morgan fingerprint density at radius 1 is 0.904 bits per heavy atom. The second-order valence-electron chi connectivity index (χ2n) is 17.4. The highest BCUT2D eigenvalue weighted by Gasteiger charge is 2.74. The first-order chi connectivity index (χ1) is 24.7. The molecule has 3 fully saturated rings. The normalized spacial score (nSPS) is 35.9. The number of urea groups is 1. The molecule has 6 aliphatic rings. The van der Waals surface area contributed by atoms with Gasteiger partial charge in [-0.3, -0.25) is 4.79 Å². The number of ketones is 1. The van der Waals surface area contributed by atoms with Gasteiger partial charge in [-0.15, -0.1) is 0 Å². The molecule has 0 heterocycles. The molecule has 8 atom stereocenters. The van der Waals surface area contributed by atoms with Crippen molar-refractivity contribution in [3.05, 3.63) is 107 Å². The SMILES string of the molecule is CC(C)NC(=O)N(Cc1cccc2ccccc12)CC1(O)CCC2C34C=CC5(C=C3C(=O)c3ccc(F)c(F)c3)CC(O)CCC5(C)C4CCC21C. The first-order valence-corrected chi connectivity index (χ1v) is 19.0. The fraction of sp³-hybridized carbons (Fsp3) is 0.500. The highest BCUT2D eigenvalue weighted by molar-refractivity contribution is 6.10.